The molecule has 2 atom stereocenters. The molecule has 0 radical (unpaired) electrons. The second-order valence-corrected chi connectivity index (χ2v) is 6.65. The van der Waals surface area contributed by atoms with E-state index in [0.717, 1.165) is 25.8 Å². The number of carbonyl (C=O) groups excluding carboxylic acids is 1. The normalized spacial score (nSPS) is 26.3. The first-order valence-electron chi connectivity index (χ1n) is 8.19. The molecule has 2 nitrogen and oxygen atoms in total. The SMILES string of the molecule is O=C1NCC2CCC1C(c1ccccc1)(c1ccccc1)C2. The molecule has 0 spiro atoms. The van der Waals surface area contributed by atoms with Crippen LogP contribution >= 0.6 is 0 Å². The van der Waals surface area contributed by atoms with Crippen LogP contribution in [0.3, 0.4) is 0 Å². The van der Waals surface area contributed by atoms with Crippen molar-refractivity contribution >= 4 is 5.91 Å². The van der Waals surface area contributed by atoms with Crippen LogP contribution in [0.5, 0.6) is 0 Å². The van der Waals surface area contributed by atoms with Crippen LogP contribution in [0.15, 0.2) is 60.7 Å². The van der Waals surface area contributed by atoms with Gasteiger partial charge in [0.1, 0.15) is 0 Å². The molecule has 1 N–H and O–H groups in total. The second kappa shape index (κ2) is 5.28. The third-order valence-corrected chi connectivity index (χ3v) is 5.53. The highest BCUT2D eigenvalue weighted by atomic mass is 16.1. The molecular weight excluding hydrogens is 270 g/mol. The number of nitrogens with one attached hydrogen (secondary N) is 1. The fourth-order valence-electron chi connectivity index (χ4n) is 4.52. The van der Waals surface area contributed by atoms with Gasteiger partial charge in [-0.1, -0.05) is 60.7 Å². The predicted octanol–water partition coefficient (Wildman–Crippen LogP) is 3.52. The van der Waals surface area contributed by atoms with E-state index >= 15 is 0 Å². The van der Waals surface area contributed by atoms with E-state index < -0.39 is 0 Å². The molecule has 2 aromatic carbocycles. The first-order chi connectivity index (χ1) is 10.8. The number of rotatable bonds is 2. The van der Waals surface area contributed by atoms with Gasteiger partial charge in [0.15, 0.2) is 0 Å². The molecule has 2 heteroatoms. The van der Waals surface area contributed by atoms with Gasteiger partial charge in [0, 0.05) is 12.0 Å². The van der Waals surface area contributed by atoms with Gasteiger partial charge in [0.2, 0.25) is 5.91 Å². The molecule has 2 bridgehead atoms. The van der Waals surface area contributed by atoms with Crippen molar-refractivity contribution in [3.05, 3.63) is 71.8 Å². The van der Waals surface area contributed by atoms with Crippen molar-refractivity contribution in [2.45, 2.75) is 24.7 Å². The molecule has 2 heterocycles. The Bertz CT molecular complexity index is 625. The largest absolute Gasteiger partial charge is 0.356 e. The van der Waals surface area contributed by atoms with Crippen LogP contribution < -0.4 is 5.32 Å². The van der Waals surface area contributed by atoms with Crippen molar-refractivity contribution in [2.75, 3.05) is 6.54 Å². The van der Waals surface area contributed by atoms with Gasteiger partial charge in [-0.2, -0.15) is 0 Å². The Kier molecular flexibility index (Phi) is 3.25. The molecule has 1 amide bonds. The van der Waals surface area contributed by atoms with Crippen molar-refractivity contribution in [1.82, 2.24) is 5.32 Å². The van der Waals surface area contributed by atoms with Gasteiger partial charge >= 0.3 is 0 Å². The summed E-state index contributed by atoms with van der Waals surface area (Å²) in [5, 5.41) is 3.16. The van der Waals surface area contributed by atoms with Gasteiger partial charge in [0.25, 0.3) is 0 Å². The van der Waals surface area contributed by atoms with E-state index in [-0.39, 0.29) is 17.2 Å². The molecule has 5 rings (SSSR count). The molecule has 3 fully saturated rings. The van der Waals surface area contributed by atoms with Crippen LogP contribution in [0.2, 0.25) is 0 Å². The Morgan fingerprint density at radius 1 is 0.864 bits per heavy atom. The van der Waals surface area contributed by atoms with Crippen LogP contribution in [0, 0.1) is 11.8 Å². The van der Waals surface area contributed by atoms with Gasteiger partial charge < -0.3 is 5.32 Å². The predicted molar refractivity (Wildman–Crippen MR) is 87.5 cm³/mol. The molecule has 1 saturated carbocycles. The molecule has 1 aliphatic carbocycles. The molecule has 2 saturated heterocycles. The number of fused-ring (bicyclic) bond motifs is 4. The average molecular weight is 291 g/mol. The lowest BCUT2D eigenvalue weighted by molar-refractivity contribution is -0.126. The summed E-state index contributed by atoms with van der Waals surface area (Å²) in [5.74, 6) is 0.840. The van der Waals surface area contributed by atoms with E-state index in [2.05, 4.69) is 66.0 Å². The van der Waals surface area contributed by atoms with Gasteiger partial charge in [0.05, 0.1) is 5.92 Å². The third-order valence-electron chi connectivity index (χ3n) is 5.53. The molecule has 2 aromatic rings. The first kappa shape index (κ1) is 13.6. The summed E-state index contributed by atoms with van der Waals surface area (Å²) < 4.78 is 0. The van der Waals surface area contributed by atoms with Gasteiger partial charge in [-0.15, -0.1) is 0 Å². The van der Waals surface area contributed by atoms with E-state index in [9.17, 15) is 4.79 Å². The number of hydrogen-bond donors (Lipinski definition) is 1. The van der Waals surface area contributed by atoms with Crippen molar-refractivity contribution in [1.29, 1.82) is 0 Å². The summed E-state index contributed by atoms with van der Waals surface area (Å²) in [6, 6.07) is 21.3. The highest BCUT2D eigenvalue weighted by Gasteiger charge is 2.51. The van der Waals surface area contributed by atoms with E-state index in [1.807, 2.05) is 0 Å². The Balaban J connectivity index is 1.95. The van der Waals surface area contributed by atoms with Crippen molar-refractivity contribution < 1.29 is 4.79 Å². The van der Waals surface area contributed by atoms with E-state index in [4.69, 9.17) is 0 Å². The summed E-state index contributed by atoms with van der Waals surface area (Å²) in [4.78, 5) is 12.7. The van der Waals surface area contributed by atoms with Gasteiger partial charge in [-0.05, 0) is 36.3 Å². The van der Waals surface area contributed by atoms with Crippen LogP contribution in [0.4, 0.5) is 0 Å². The number of amides is 1. The Hall–Kier alpha value is -2.09. The fraction of sp³-hybridized carbons (Fsp3) is 0.350. The third kappa shape index (κ3) is 1.98. The zero-order valence-corrected chi connectivity index (χ0v) is 12.7. The van der Waals surface area contributed by atoms with Crippen molar-refractivity contribution in [3.8, 4) is 0 Å². The summed E-state index contributed by atoms with van der Waals surface area (Å²) in [5.41, 5.74) is 2.40. The summed E-state index contributed by atoms with van der Waals surface area (Å²) in [6.45, 7) is 0.830. The average Bonchev–Trinajstić information content (AvgIpc) is 2.86. The lowest BCUT2D eigenvalue weighted by Gasteiger charge is -2.44. The lowest BCUT2D eigenvalue weighted by atomic mass is 9.57. The Labute approximate surface area is 131 Å². The molecule has 22 heavy (non-hydrogen) atoms. The minimum absolute atomic E-state index is 0.0380. The number of hydrogen-bond acceptors (Lipinski definition) is 1. The standard InChI is InChI=1S/C20H21NO/c22-19-18-12-11-15(14-21-19)13-20(18,16-7-3-1-4-8-16)17-9-5-2-6-10-17/h1-10,15,18H,11-14H2,(H,21,22). The smallest absolute Gasteiger partial charge is 0.224 e. The zero-order chi connectivity index (χ0) is 15.0. The Morgan fingerprint density at radius 3 is 2.05 bits per heavy atom. The molecule has 2 aliphatic heterocycles. The van der Waals surface area contributed by atoms with E-state index in [1.165, 1.54) is 11.1 Å². The maximum atomic E-state index is 12.7. The molecular formula is C20H21NO. The summed E-state index contributed by atoms with van der Waals surface area (Å²) in [6.07, 6.45) is 3.20. The van der Waals surface area contributed by atoms with Gasteiger partial charge in [-0.25, -0.2) is 0 Å². The monoisotopic (exact) mass is 291 g/mol. The lowest BCUT2D eigenvalue weighted by Crippen LogP contribution is -2.45. The fourth-order valence-corrected chi connectivity index (χ4v) is 4.52. The molecule has 112 valence electrons. The molecule has 0 aromatic heterocycles. The first-order valence-corrected chi connectivity index (χ1v) is 8.19. The maximum Gasteiger partial charge on any atom is 0.224 e. The highest BCUT2D eigenvalue weighted by Crippen LogP contribution is 2.51. The second-order valence-electron chi connectivity index (χ2n) is 6.65. The number of benzene rings is 2. The van der Waals surface area contributed by atoms with E-state index in [0.29, 0.717) is 5.92 Å². The van der Waals surface area contributed by atoms with Crippen LogP contribution in [-0.2, 0) is 10.2 Å². The number of carbonyl (C=O) groups is 1. The van der Waals surface area contributed by atoms with Crippen molar-refractivity contribution in [3.63, 3.8) is 0 Å². The van der Waals surface area contributed by atoms with Gasteiger partial charge in [-0.3, -0.25) is 4.79 Å². The zero-order valence-electron chi connectivity index (χ0n) is 12.7. The van der Waals surface area contributed by atoms with Crippen LogP contribution in [-0.4, -0.2) is 12.5 Å². The molecule has 3 aliphatic rings. The van der Waals surface area contributed by atoms with Crippen molar-refractivity contribution in [2.24, 2.45) is 11.8 Å². The van der Waals surface area contributed by atoms with Crippen LogP contribution in [0.1, 0.15) is 30.4 Å². The summed E-state index contributed by atoms with van der Waals surface area (Å²) in [7, 11) is 0. The summed E-state index contributed by atoms with van der Waals surface area (Å²) >= 11 is 0. The minimum Gasteiger partial charge on any atom is -0.356 e. The van der Waals surface area contributed by atoms with E-state index in [1.54, 1.807) is 0 Å². The topological polar surface area (TPSA) is 29.1 Å². The maximum absolute atomic E-state index is 12.7. The minimum atomic E-state index is -0.175. The Morgan fingerprint density at radius 2 is 1.45 bits per heavy atom. The molecule has 2 unspecified atom stereocenters. The van der Waals surface area contributed by atoms with Crippen LogP contribution in [0.25, 0.3) is 0 Å². The highest BCUT2D eigenvalue weighted by molar-refractivity contribution is 5.82. The quantitative estimate of drug-likeness (QED) is 0.901.